The average molecular weight is 504 g/mol. The summed E-state index contributed by atoms with van der Waals surface area (Å²) in [7, 11) is 0. The van der Waals surface area contributed by atoms with E-state index in [1.807, 2.05) is 42.5 Å². The second-order valence-electron chi connectivity index (χ2n) is 8.04. The van der Waals surface area contributed by atoms with Gasteiger partial charge in [0.1, 0.15) is 30.4 Å². The van der Waals surface area contributed by atoms with Crippen molar-refractivity contribution in [1.29, 1.82) is 0 Å². The molecule has 0 amide bonds. The SMILES string of the molecule is Cl.OC[C@H]1O[C@@H](n2cnc3c(NCCC(O)Oc4cccc5ccccc45)ncnc32)C(O)C1O. The monoisotopic (exact) mass is 503 g/mol. The lowest BCUT2D eigenvalue weighted by molar-refractivity contribution is -0.0511. The normalized spacial score (nSPS) is 22.7. The summed E-state index contributed by atoms with van der Waals surface area (Å²) < 4.78 is 12.8. The van der Waals surface area contributed by atoms with Gasteiger partial charge in [-0.05, 0) is 11.5 Å². The highest BCUT2D eigenvalue weighted by atomic mass is 35.5. The van der Waals surface area contributed by atoms with E-state index in [2.05, 4.69) is 20.3 Å². The fourth-order valence-corrected chi connectivity index (χ4v) is 4.10. The lowest BCUT2D eigenvalue weighted by Gasteiger charge is -2.17. The molecule has 0 bridgehead atoms. The molecule has 11 nitrogen and oxygen atoms in total. The zero-order valence-corrected chi connectivity index (χ0v) is 19.3. The Balaban J connectivity index is 0.00000289. The van der Waals surface area contributed by atoms with Crippen LogP contribution < -0.4 is 10.1 Å². The number of imidazole rings is 1. The standard InChI is InChI=1S/C23H25N5O6.ClH/c29-10-16-19(31)20(32)23(34-16)28-12-27-18-21(25-11-26-22(18)28)24-9-8-17(30)33-15-7-3-5-13-4-1-2-6-14(13)15;/h1-7,11-12,16-17,19-20,23,29-32H,8-10H2,(H,24,25,26);1H/t16-,17?,19?,20?,23-;/m1./s1. The highest BCUT2D eigenvalue weighted by Crippen LogP contribution is 2.32. The lowest BCUT2D eigenvalue weighted by atomic mass is 10.1. The Morgan fingerprint density at radius 2 is 1.86 bits per heavy atom. The second-order valence-corrected chi connectivity index (χ2v) is 8.04. The van der Waals surface area contributed by atoms with Crippen molar-refractivity contribution in [2.45, 2.75) is 37.3 Å². The van der Waals surface area contributed by atoms with E-state index in [1.54, 1.807) is 0 Å². The Hall–Kier alpha value is -3.06. The third-order valence-electron chi connectivity index (χ3n) is 5.85. The van der Waals surface area contributed by atoms with Crippen LogP contribution in [0.15, 0.2) is 55.1 Å². The molecule has 186 valence electrons. The minimum atomic E-state index is -1.25. The van der Waals surface area contributed by atoms with Gasteiger partial charge < -0.3 is 35.2 Å². The third kappa shape index (κ3) is 4.87. The van der Waals surface area contributed by atoms with E-state index in [0.29, 0.717) is 29.3 Å². The molecule has 0 radical (unpaired) electrons. The summed E-state index contributed by atoms with van der Waals surface area (Å²) in [6, 6.07) is 13.5. The number of hydrogen-bond acceptors (Lipinski definition) is 10. The van der Waals surface area contributed by atoms with Crippen LogP contribution in [-0.2, 0) is 4.74 Å². The molecule has 1 saturated heterocycles. The molecule has 1 aliphatic rings. The molecule has 1 fully saturated rings. The number of fused-ring (bicyclic) bond motifs is 2. The number of anilines is 1. The molecule has 0 spiro atoms. The first-order valence-electron chi connectivity index (χ1n) is 10.9. The number of benzene rings is 2. The Kier molecular flexibility index (Phi) is 7.65. The molecule has 2 aromatic heterocycles. The van der Waals surface area contributed by atoms with Gasteiger partial charge in [-0.15, -0.1) is 12.4 Å². The van der Waals surface area contributed by atoms with Crippen LogP contribution in [-0.4, -0.2) is 77.7 Å². The van der Waals surface area contributed by atoms with Gasteiger partial charge in [0, 0.05) is 18.4 Å². The first-order chi connectivity index (χ1) is 16.6. The molecule has 1 aliphatic heterocycles. The zero-order chi connectivity index (χ0) is 23.7. The van der Waals surface area contributed by atoms with Crippen LogP contribution in [0.3, 0.4) is 0 Å². The van der Waals surface area contributed by atoms with Crippen molar-refractivity contribution in [2.24, 2.45) is 0 Å². The summed E-state index contributed by atoms with van der Waals surface area (Å²) in [5.74, 6) is 1.04. The largest absolute Gasteiger partial charge is 0.464 e. The highest BCUT2D eigenvalue weighted by Gasteiger charge is 2.44. The van der Waals surface area contributed by atoms with Gasteiger partial charge in [0.2, 0.25) is 0 Å². The minimum Gasteiger partial charge on any atom is -0.464 e. The topological polar surface area (TPSA) is 155 Å². The molecule has 0 aliphatic carbocycles. The van der Waals surface area contributed by atoms with Gasteiger partial charge >= 0.3 is 0 Å². The van der Waals surface area contributed by atoms with Crippen LogP contribution in [0.25, 0.3) is 21.9 Å². The van der Waals surface area contributed by atoms with Gasteiger partial charge in [-0.25, -0.2) is 15.0 Å². The van der Waals surface area contributed by atoms with Crippen LogP contribution in [0.4, 0.5) is 5.82 Å². The van der Waals surface area contributed by atoms with Crippen molar-refractivity contribution >= 4 is 40.2 Å². The molecule has 5 rings (SSSR count). The Morgan fingerprint density at radius 1 is 1.06 bits per heavy atom. The Morgan fingerprint density at radius 3 is 2.66 bits per heavy atom. The molecular formula is C23H26ClN5O6. The van der Waals surface area contributed by atoms with Gasteiger partial charge in [-0.2, -0.15) is 0 Å². The molecule has 3 heterocycles. The van der Waals surface area contributed by atoms with Crippen molar-refractivity contribution in [1.82, 2.24) is 19.5 Å². The maximum Gasteiger partial charge on any atom is 0.199 e. The number of hydrogen-bond donors (Lipinski definition) is 5. The summed E-state index contributed by atoms with van der Waals surface area (Å²) in [5, 5.41) is 45.2. The van der Waals surface area contributed by atoms with Crippen molar-refractivity contribution in [3.63, 3.8) is 0 Å². The van der Waals surface area contributed by atoms with Crippen molar-refractivity contribution in [3.8, 4) is 5.75 Å². The third-order valence-corrected chi connectivity index (χ3v) is 5.85. The predicted octanol–water partition coefficient (Wildman–Crippen LogP) is 1.21. The smallest absolute Gasteiger partial charge is 0.199 e. The minimum absolute atomic E-state index is 0. The summed E-state index contributed by atoms with van der Waals surface area (Å²) in [5.41, 5.74) is 0.824. The van der Waals surface area contributed by atoms with E-state index in [0.717, 1.165) is 10.8 Å². The summed E-state index contributed by atoms with van der Waals surface area (Å²) >= 11 is 0. The van der Waals surface area contributed by atoms with Crippen LogP contribution in [0.2, 0.25) is 0 Å². The number of aliphatic hydroxyl groups excluding tert-OH is 4. The van der Waals surface area contributed by atoms with Gasteiger partial charge in [0.05, 0.1) is 12.9 Å². The molecule has 3 unspecified atom stereocenters. The molecule has 12 heteroatoms. The quantitative estimate of drug-likeness (QED) is 0.221. The van der Waals surface area contributed by atoms with E-state index in [-0.39, 0.29) is 18.8 Å². The van der Waals surface area contributed by atoms with Gasteiger partial charge in [0.15, 0.2) is 29.5 Å². The summed E-state index contributed by atoms with van der Waals surface area (Å²) in [4.78, 5) is 12.8. The first-order valence-corrected chi connectivity index (χ1v) is 10.9. The summed E-state index contributed by atoms with van der Waals surface area (Å²) in [6.45, 7) is -0.0783. The molecule has 4 aromatic rings. The molecule has 5 atom stereocenters. The van der Waals surface area contributed by atoms with E-state index < -0.39 is 37.4 Å². The number of halogens is 1. The zero-order valence-electron chi connectivity index (χ0n) is 18.5. The fraction of sp³-hybridized carbons (Fsp3) is 0.348. The second kappa shape index (κ2) is 10.7. The van der Waals surface area contributed by atoms with E-state index in [4.69, 9.17) is 9.47 Å². The maximum atomic E-state index is 10.4. The van der Waals surface area contributed by atoms with E-state index >= 15 is 0 Å². The summed E-state index contributed by atoms with van der Waals surface area (Å²) in [6.07, 6.45) is -2.30. The van der Waals surface area contributed by atoms with Crippen LogP contribution in [0.5, 0.6) is 5.75 Å². The van der Waals surface area contributed by atoms with Gasteiger partial charge in [-0.3, -0.25) is 4.57 Å². The van der Waals surface area contributed by atoms with Crippen molar-refractivity contribution in [3.05, 3.63) is 55.1 Å². The first kappa shape index (κ1) is 25.0. The highest BCUT2D eigenvalue weighted by molar-refractivity contribution is 5.88. The fourth-order valence-electron chi connectivity index (χ4n) is 4.10. The number of ether oxygens (including phenoxy) is 2. The Bertz CT molecular complexity index is 1280. The molecule has 0 saturated carbocycles. The molecule has 5 N–H and O–H groups in total. The van der Waals surface area contributed by atoms with Crippen LogP contribution >= 0.6 is 12.4 Å². The molecule has 35 heavy (non-hydrogen) atoms. The van der Waals surface area contributed by atoms with Gasteiger partial charge in [0.25, 0.3) is 0 Å². The van der Waals surface area contributed by atoms with Gasteiger partial charge in [-0.1, -0.05) is 36.4 Å². The number of aliphatic hydroxyl groups is 4. The Labute approximate surface area is 206 Å². The van der Waals surface area contributed by atoms with Crippen LogP contribution in [0.1, 0.15) is 12.6 Å². The van der Waals surface area contributed by atoms with Crippen molar-refractivity contribution in [2.75, 3.05) is 18.5 Å². The average Bonchev–Trinajstić information content (AvgIpc) is 3.40. The number of aromatic nitrogens is 4. The predicted molar refractivity (Wildman–Crippen MR) is 129 cm³/mol. The number of nitrogens with zero attached hydrogens (tertiary/aromatic N) is 4. The molecule has 2 aromatic carbocycles. The van der Waals surface area contributed by atoms with Crippen molar-refractivity contribution < 1.29 is 29.9 Å². The maximum absolute atomic E-state index is 10.4. The van der Waals surface area contributed by atoms with E-state index in [9.17, 15) is 20.4 Å². The molecular weight excluding hydrogens is 478 g/mol. The number of rotatable bonds is 8. The van der Waals surface area contributed by atoms with Crippen LogP contribution in [0, 0.1) is 0 Å². The number of nitrogens with one attached hydrogen (secondary N) is 1. The lowest BCUT2D eigenvalue weighted by Crippen LogP contribution is -2.33. The van der Waals surface area contributed by atoms with E-state index in [1.165, 1.54) is 17.2 Å².